The van der Waals surface area contributed by atoms with Crippen molar-refractivity contribution in [1.29, 1.82) is 0 Å². The third-order valence-electron chi connectivity index (χ3n) is 5.90. The average Bonchev–Trinajstić information content (AvgIpc) is 2.62. The number of phenolic OH excluding ortho intramolecular Hbond substituents is 1. The molecule has 1 N–H and O–H groups in total. The fourth-order valence-electron chi connectivity index (χ4n) is 3.99. The SMILES string of the molecule is CC(C)=CCCC(C)=CCCC(C)=CCC[C@]1(C)CCc2cc(O)cc(C)c2O1. The molecular weight excluding hydrogens is 356 g/mol. The standard InChI is InChI=1S/C27H40O2/c1-20(2)10-7-11-21(3)12-8-13-22(4)14-9-16-27(6)17-15-24-19-25(28)18-23(5)26(24)29-27/h10,12,14,18-19,28H,7-9,11,13,15-17H2,1-6H3/t27-/m1/s1. The van der Waals surface area contributed by atoms with Crippen molar-refractivity contribution < 1.29 is 9.84 Å². The average molecular weight is 397 g/mol. The van der Waals surface area contributed by atoms with Gasteiger partial charge in [0.05, 0.1) is 0 Å². The topological polar surface area (TPSA) is 29.5 Å². The molecule has 2 rings (SSSR count). The molecule has 0 bridgehead atoms. The molecule has 1 aliphatic heterocycles. The highest BCUT2D eigenvalue weighted by Crippen LogP contribution is 2.39. The molecular formula is C27H40O2. The number of fused-ring (bicyclic) bond motifs is 1. The van der Waals surface area contributed by atoms with E-state index in [2.05, 4.69) is 52.8 Å². The molecule has 1 aromatic rings. The number of benzene rings is 1. The van der Waals surface area contributed by atoms with E-state index in [1.165, 1.54) is 23.1 Å². The van der Waals surface area contributed by atoms with E-state index in [1.54, 1.807) is 6.07 Å². The molecule has 2 nitrogen and oxygen atoms in total. The number of phenols is 1. The summed E-state index contributed by atoms with van der Waals surface area (Å²) in [6, 6.07) is 3.64. The lowest BCUT2D eigenvalue weighted by Gasteiger charge is -2.36. The third kappa shape index (κ3) is 7.76. The van der Waals surface area contributed by atoms with Crippen LogP contribution in [0.15, 0.2) is 47.1 Å². The van der Waals surface area contributed by atoms with E-state index in [0.29, 0.717) is 5.75 Å². The van der Waals surface area contributed by atoms with Crippen LogP contribution in [0.2, 0.25) is 0 Å². The Bertz CT molecular complexity index is 778. The van der Waals surface area contributed by atoms with Crippen LogP contribution in [0.3, 0.4) is 0 Å². The lowest BCUT2D eigenvalue weighted by Crippen LogP contribution is -2.36. The van der Waals surface area contributed by atoms with Gasteiger partial charge in [0.1, 0.15) is 17.1 Å². The van der Waals surface area contributed by atoms with Gasteiger partial charge in [0, 0.05) is 0 Å². The normalized spacial score (nSPS) is 19.5. The molecule has 0 fully saturated rings. The predicted octanol–water partition coefficient (Wildman–Crippen LogP) is 7.98. The highest BCUT2D eigenvalue weighted by atomic mass is 16.5. The van der Waals surface area contributed by atoms with E-state index in [1.807, 2.05) is 13.0 Å². The first-order valence-electron chi connectivity index (χ1n) is 11.1. The lowest BCUT2D eigenvalue weighted by atomic mass is 9.87. The van der Waals surface area contributed by atoms with E-state index >= 15 is 0 Å². The number of rotatable bonds is 9. The summed E-state index contributed by atoms with van der Waals surface area (Å²) in [5.41, 5.74) is 6.43. The number of allylic oxidation sites excluding steroid dienone is 6. The van der Waals surface area contributed by atoms with E-state index in [4.69, 9.17) is 4.74 Å². The van der Waals surface area contributed by atoms with Crippen LogP contribution in [0.4, 0.5) is 0 Å². The van der Waals surface area contributed by atoms with Crippen molar-refractivity contribution in [3.8, 4) is 11.5 Å². The number of hydrogen-bond donors (Lipinski definition) is 1. The zero-order chi connectivity index (χ0) is 21.4. The van der Waals surface area contributed by atoms with Gasteiger partial charge in [-0.3, -0.25) is 0 Å². The van der Waals surface area contributed by atoms with E-state index in [-0.39, 0.29) is 5.60 Å². The van der Waals surface area contributed by atoms with Crippen LogP contribution in [0.25, 0.3) is 0 Å². The van der Waals surface area contributed by atoms with Gasteiger partial charge in [0.2, 0.25) is 0 Å². The molecule has 1 atom stereocenters. The molecule has 1 aliphatic rings. The van der Waals surface area contributed by atoms with Crippen molar-refractivity contribution in [2.45, 2.75) is 98.5 Å². The summed E-state index contributed by atoms with van der Waals surface area (Å²) in [5, 5.41) is 9.80. The minimum absolute atomic E-state index is 0.118. The maximum absolute atomic E-state index is 9.80. The third-order valence-corrected chi connectivity index (χ3v) is 5.90. The van der Waals surface area contributed by atoms with Crippen molar-refractivity contribution >= 4 is 0 Å². The van der Waals surface area contributed by atoms with Crippen molar-refractivity contribution in [2.24, 2.45) is 0 Å². The summed E-state index contributed by atoms with van der Waals surface area (Å²) < 4.78 is 6.40. The van der Waals surface area contributed by atoms with Gasteiger partial charge in [-0.25, -0.2) is 0 Å². The Hall–Kier alpha value is -1.96. The summed E-state index contributed by atoms with van der Waals surface area (Å²) >= 11 is 0. The highest BCUT2D eigenvalue weighted by Gasteiger charge is 2.31. The Labute approximate surface area is 178 Å². The van der Waals surface area contributed by atoms with Gasteiger partial charge in [-0.2, -0.15) is 0 Å². The van der Waals surface area contributed by atoms with Crippen LogP contribution in [-0.4, -0.2) is 10.7 Å². The molecule has 160 valence electrons. The molecule has 0 saturated carbocycles. The second kappa shape index (κ2) is 10.7. The second-order valence-electron chi connectivity index (χ2n) is 9.30. The molecule has 0 aromatic heterocycles. The molecule has 0 unspecified atom stereocenters. The van der Waals surface area contributed by atoms with Crippen LogP contribution in [-0.2, 0) is 6.42 Å². The zero-order valence-electron chi connectivity index (χ0n) is 19.4. The summed E-state index contributed by atoms with van der Waals surface area (Å²) in [7, 11) is 0. The summed E-state index contributed by atoms with van der Waals surface area (Å²) in [4.78, 5) is 0. The van der Waals surface area contributed by atoms with Gasteiger partial charge in [0.15, 0.2) is 0 Å². The fraction of sp³-hybridized carbons (Fsp3) is 0.556. The van der Waals surface area contributed by atoms with Gasteiger partial charge < -0.3 is 9.84 Å². The highest BCUT2D eigenvalue weighted by molar-refractivity contribution is 5.47. The van der Waals surface area contributed by atoms with E-state index < -0.39 is 0 Å². The van der Waals surface area contributed by atoms with E-state index in [0.717, 1.165) is 61.8 Å². The Morgan fingerprint density at radius 1 is 1.00 bits per heavy atom. The van der Waals surface area contributed by atoms with Crippen LogP contribution in [0, 0.1) is 6.92 Å². The van der Waals surface area contributed by atoms with Crippen LogP contribution >= 0.6 is 0 Å². The van der Waals surface area contributed by atoms with Crippen LogP contribution in [0.1, 0.15) is 90.7 Å². The summed E-state index contributed by atoms with van der Waals surface area (Å²) in [6.45, 7) is 13.1. The first-order chi connectivity index (χ1) is 13.7. The van der Waals surface area contributed by atoms with E-state index in [9.17, 15) is 5.11 Å². The predicted molar refractivity (Wildman–Crippen MR) is 125 cm³/mol. The molecule has 0 aliphatic carbocycles. The molecule has 0 saturated heterocycles. The first-order valence-corrected chi connectivity index (χ1v) is 11.1. The smallest absolute Gasteiger partial charge is 0.126 e. The molecule has 0 spiro atoms. The van der Waals surface area contributed by atoms with Crippen molar-refractivity contribution in [3.05, 3.63) is 58.2 Å². The van der Waals surface area contributed by atoms with Gasteiger partial charge >= 0.3 is 0 Å². The largest absolute Gasteiger partial charge is 0.508 e. The maximum atomic E-state index is 9.80. The van der Waals surface area contributed by atoms with Gasteiger partial charge in [-0.15, -0.1) is 0 Å². The maximum Gasteiger partial charge on any atom is 0.126 e. The summed E-state index contributed by atoms with van der Waals surface area (Å²) in [5.74, 6) is 1.32. The van der Waals surface area contributed by atoms with Gasteiger partial charge in [-0.1, -0.05) is 34.9 Å². The Morgan fingerprint density at radius 2 is 1.62 bits per heavy atom. The lowest BCUT2D eigenvalue weighted by molar-refractivity contribution is 0.0561. The molecule has 0 radical (unpaired) electrons. The molecule has 2 heteroatoms. The minimum Gasteiger partial charge on any atom is -0.508 e. The van der Waals surface area contributed by atoms with Gasteiger partial charge in [0.25, 0.3) is 0 Å². The Morgan fingerprint density at radius 3 is 2.28 bits per heavy atom. The Balaban J connectivity index is 1.79. The zero-order valence-corrected chi connectivity index (χ0v) is 19.4. The molecule has 0 amide bonds. The molecule has 1 heterocycles. The van der Waals surface area contributed by atoms with Crippen molar-refractivity contribution in [2.75, 3.05) is 0 Å². The van der Waals surface area contributed by atoms with Gasteiger partial charge in [-0.05, 0) is 116 Å². The monoisotopic (exact) mass is 396 g/mol. The molecule has 1 aromatic carbocycles. The molecule has 29 heavy (non-hydrogen) atoms. The number of aryl methyl sites for hydroxylation is 2. The van der Waals surface area contributed by atoms with Crippen molar-refractivity contribution in [3.63, 3.8) is 0 Å². The first kappa shape index (κ1) is 23.3. The van der Waals surface area contributed by atoms with Crippen LogP contribution in [0.5, 0.6) is 11.5 Å². The Kier molecular flexibility index (Phi) is 8.61. The minimum atomic E-state index is -0.118. The van der Waals surface area contributed by atoms with Crippen LogP contribution < -0.4 is 4.74 Å². The van der Waals surface area contributed by atoms with Crippen molar-refractivity contribution in [1.82, 2.24) is 0 Å². The fourth-order valence-corrected chi connectivity index (χ4v) is 3.99. The summed E-state index contributed by atoms with van der Waals surface area (Å²) in [6.07, 6.45) is 15.8. The number of hydrogen-bond acceptors (Lipinski definition) is 2. The number of ether oxygens (including phenoxy) is 1. The quantitative estimate of drug-likeness (QED) is 0.429. The second-order valence-corrected chi connectivity index (χ2v) is 9.30. The number of aromatic hydroxyl groups is 1.